The van der Waals surface area contributed by atoms with Crippen LogP contribution in [0.25, 0.3) is 11.1 Å². The smallest absolute Gasteiger partial charge is 0.407 e. The number of thioether (sulfide) groups is 1. The van der Waals surface area contributed by atoms with Crippen molar-refractivity contribution < 1.29 is 19.2 Å². The Labute approximate surface area is 217 Å². The van der Waals surface area contributed by atoms with Crippen LogP contribution in [0.15, 0.2) is 66.7 Å². The number of amides is 2. The van der Waals surface area contributed by atoms with E-state index in [4.69, 9.17) is 16.3 Å². The summed E-state index contributed by atoms with van der Waals surface area (Å²) >= 11 is 7.56. The molecule has 0 aromatic heterocycles. The van der Waals surface area contributed by atoms with Crippen LogP contribution in [0, 0.1) is 10.1 Å². The third-order valence-corrected chi connectivity index (χ3v) is 7.06. The van der Waals surface area contributed by atoms with Crippen LogP contribution in [0.2, 0.25) is 5.02 Å². The van der Waals surface area contributed by atoms with Gasteiger partial charge in [-0.1, -0.05) is 66.2 Å². The average Bonchev–Trinajstić information content (AvgIpc) is 3.20. The van der Waals surface area contributed by atoms with Crippen molar-refractivity contribution in [2.75, 3.05) is 24.8 Å². The Balaban J connectivity index is 1.14. The summed E-state index contributed by atoms with van der Waals surface area (Å²) in [4.78, 5) is 34.5. The van der Waals surface area contributed by atoms with E-state index in [2.05, 4.69) is 22.8 Å². The van der Waals surface area contributed by atoms with Crippen LogP contribution < -0.4 is 10.6 Å². The minimum atomic E-state index is -0.646. The minimum absolute atomic E-state index is 0.0439. The number of carbonyl (C=O) groups is 2. The molecule has 0 heterocycles. The highest BCUT2D eigenvalue weighted by molar-refractivity contribution is 7.99. The molecule has 8 nitrogen and oxygen atoms in total. The van der Waals surface area contributed by atoms with Gasteiger partial charge in [-0.3, -0.25) is 14.9 Å². The number of nitrogens with one attached hydrogen (secondary N) is 2. The first-order valence-electron chi connectivity index (χ1n) is 11.3. The standard InChI is InChI=1S/C26H24ClN3O5S/c27-24-13-18(30(33)34)10-9-17(24)11-12-36-16-29-25(31)14-28-26(32)35-15-23-21-7-3-1-5-19(21)20-6-2-4-8-22(20)23/h1-10,13,23H,11-12,14-16H2,(H,28,32)(H,29,31). The van der Waals surface area contributed by atoms with Gasteiger partial charge in [0.25, 0.3) is 5.69 Å². The zero-order chi connectivity index (χ0) is 25.5. The fourth-order valence-electron chi connectivity index (χ4n) is 4.10. The Morgan fingerprint density at radius 3 is 2.31 bits per heavy atom. The number of nitrogens with zero attached hydrogens (tertiary/aromatic N) is 1. The Morgan fingerprint density at radius 2 is 1.67 bits per heavy atom. The third kappa shape index (κ3) is 6.16. The number of halogens is 1. The van der Waals surface area contributed by atoms with Crippen molar-refractivity contribution in [1.82, 2.24) is 10.6 Å². The number of ether oxygens (including phenoxy) is 1. The number of benzene rings is 3. The number of nitro groups is 1. The topological polar surface area (TPSA) is 111 Å². The molecule has 3 aromatic rings. The predicted octanol–water partition coefficient (Wildman–Crippen LogP) is 5.14. The number of carbonyl (C=O) groups excluding carboxylic acids is 2. The number of rotatable bonds is 10. The lowest BCUT2D eigenvalue weighted by atomic mass is 9.98. The van der Waals surface area contributed by atoms with Crippen molar-refractivity contribution in [2.24, 2.45) is 0 Å². The highest BCUT2D eigenvalue weighted by atomic mass is 35.5. The maximum absolute atomic E-state index is 12.2. The van der Waals surface area contributed by atoms with Gasteiger partial charge in [0.2, 0.25) is 5.91 Å². The lowest BCUT2D eigenvalue weighted by Gasteiger charge is -2.14. The maximum Gasteiger partial charge on any atom is 0.407 e. The summed E-state index contributed by atoms with van der Waals surface area (Å²) in [7, 11) is 0. The lowest BCUT2D eigenvalue weighted by Crippen LogP contribution is -2.37. The van der Waals surface area contributed by atoms with Crippen molar-refractivity contribution >= 4 is 41.1 Å². The van der Waals surface area contributed by atoms with Crippen molar-refractivity contribution in [3.05, 3.63) is 98.6 Å². The molecule has 3 aromatic carbocycles. The van der Waals surface area contributed by atoms with Gasteiger partial charge >= 0.3 is 6.09 Å². The SMILES string of the molecule is O=C(CNC(=O)OCC1c2ccccc2-c2ccccc21)NCSCCc1ccc([N+](=O)[O-])cc1Cl. The van der Waals surface area contributed by atoms with Gasteiger partial charge in [0.1, 0.15) is 13.2 Å². The quantitative estimate of drug-likeness (QED) is 0.164. The van der Waals surface area contributed by atoms with Crippen LogP contribution in [0.3, 0.4) is 0 Å². The number of non-ortho nitro benzene ring substituents is 1. The second kappa shape index (κ2) is 11.9. The van der Waals surface area contributed by atoms with Gasteiger partial charge in [-0.15, -0.1) is 11.8 Å². The van der Waals surface area contributed by atoms with Gasteiger partial charge in [0, 0.05) is 18.1 Å². The molecule has 0 saturated heterocycles. The summed E-state index contributed by atoms with van der Waals surface area (Å²) in [6.07, 6.45) is -0.0393. The molecule has 0 fully saturated rings. The predicted molar refractivity (Wildman–Crippen MR) is 140 cm³/mol. The van der Waals surface area contributed by atoms with Gasteiger partial charge in [-0.05, 0) is 40.0 Å². The minimum Gasteiger partial charge on any atom is -0.449 e. The van der Waals surface area contributed by atoms with Crippen LogP contribution in [-0.2, 0) is 16.0 Å². The van der Waals surface area contributed by atoms with Gasteiger partial charge in [-0.25, -0.2) is 4.79 Å². The highest BCUT2D eigenvalue weighted by Crippen LogP contribution is 2.44. The number of nitro benzene ring substituents is 1. The molecule has 4 rings (SSSR count). The van der Waals surface area contributed by atoms with E-state index in [1.54, 1.807) is 6.07 Å². The zero-order valence-corrected chi connectivity index (χ0v) is 20.8. The van der Waals surface area contributed by atoms with E-state index in [-0.39, 0.29) is 30.7 Å². The zero-order valence-electron chi connectivity index (χ0n) is 19.2. The van der Waals surface area contributed by atoms with E-state index < -0.39 is 11.0 Å². The number of alkyl carbamates (subject to hydrolysis) is 1. The molecule has 0 atom stereocenters. The number of fused-ring (bicyclic) bond motifs is 3. The Kier molecular flexibility index (Phi) is 8.45. The molecule has 186 valence electrons. The number of hydrogen-bond donors (Lipinski definition) is 2. The van der Waals surface area contributed by atoms with E-state index in [0.717, 1.165) is 27.8 Å². The van der Waals surface area contributed by atoms with Crippen LogP contribution in [-0.4, -0.2) is 41.7 Å². The molecule has 0 aliphatic heterocycles. The number of hydrogen-bond acceptors (Lipinski definition) is 6. The summed E-state index contributed by atoms with van der Waals surface area (Å²) in [5, 5.41) is 16.3. The second-order valence-electron chi connectivity index (χ2n) is 8.11. The second-order valence-corrected chi connectivity index (χ2v) is 9.63. The Morgan fingerprint density at radius 1 is 1.00 bits per heavy atom. The van der Waals surface area contributed by atoms with E-state index in [1.165, 1.54) is 23.9 Å². The van der Waals surface area contributed by atoms with Gasteiger partial charge in [0.05, 0.1) is 15.8 Å². The molecule has 0 spiro atoms. The van der Waals surface area contributed by atoms with Crippen molar-refractivity contribution in [1.29, 1.82) is 0 Å². The van der Waals surface area contributed by atoms with E-state index in [1.807, 2.05) is 36.4 Å². The Bertz CT molecular complexity index is 1240. The van der Waals surface area contributed by atoms with Gasteiger partial charge in [-0.2, -0.15) is 0 Å². The number of aryl methyl sites for hydroxylation is 1. The molecule has 0 saturated carbocycles. The normalized spacial score (nSPS) is 11.9. The molecule has 0 bridgehead atoms. The molecular weight excluding hydrogens is 502 g/mol. The first-order chi connectivity index (χ1) is 17.4. The van der Waals surface area contributed by atoms with Crippen molar-refractivity contribution in [3.8, 4) is 11.1 Å². The fraction of sp³-hybridized carbons (Fsp3) is 0.231. The maximum atomic E-state index is 12.2. The molecule has 10 heteroatoms. The van der Waals surface area contributed by atoms with E-state index in [9.17, 15) is 19.7 Å². The average molecular weight is 526 g/mol. The first kappa shape index (κ1) is 25.5. The van der Waals surface area contributed by atoms with Crippen LogP contribution >= 0.6 is 23.4 Å². The third-order valence-electron chi connectivity index (χ3n) is 5.87. The molecule has 2 N–H and O–H groups in total. The molecule has 1 aliphatic carbocycles. The van der Waals surface area contributed by atoms with Crippen molar-refractivity contribution in [2.45, 2.75) is 12.3 Å². The summed E-state index contributed by atoms with van der Waals surface area (Å²) in [5.74, 6) is 0.648. The van der Waals surface area contributed by atoms with Crippen LogP contribution in [0.4, 0.5) is 10.5 Å². The van der Waals surface area contributed by atoms with E-state index >= 15 is 0 Å². The van der Waals surface area contributed by atoms with Gasteiger partial charge < -0.3 is 15.4 Å². The summed E-state index contributed by atoms with van der Waals surface area (Å²) in [6, 6.07) is 20.5. The summed E-state index contributed by atoms with van der Waals surface area (Å²) in [6.45, 7) is -0.00600. The first-order valence-corrected chi connectivity index (χ1v) is 12.8. The van der Waals surface area contributed by atoms with Crippen LogP contribution in [0.1, 0.15) is 22.6 Å². The Hall–Kier alpha value is -3.56. The van der Waals surface area contributed by atoms with E-state index in [0.29, 0.717) is 23.1 Å². The highest BCUT2D eigenvalue weighted by Gasteiger charge is 2.29. The molecule has 36 heavy (non-hydrogen) atoms. The largest absolute Gasteiger partial charge is 0.449 e. The monoisotopic (exact) mass is 525 g/mol. The lowest BCUT2D eigenvalue weighted by molar-refractivity contribution is -0.384. The molecule has 1 aliphatic rings. The summed E-state index contributed by atoms with van der Waals surface area (Å²) in [5.41, 5.74) is 5.29. The fourth-order valence-corrected chi connectivity index (χ4v) is 5.14. The van der Waals surface area contributed by atoms with Gasteiger partial charge in [0.15, 0.2) is 0 Å². The molecular formula is C26H24ClN3O5S. The molecule has 0 radical (unpaired) electrons. The van der Waals surface area contributed by atoms with Crippen molar-refractivity contribution in [3.63, 3.8) is 0 Å². The molecule has 0 unspecified atom stereocenters. The summed E-state index contributed by atoms with van der Waals surface area (Å²) < 4.78 is 5.43. The van der Waals surface area contributed by atoms with Crippen LogP contribution in [0.5, 0.6) is 0 Å². The molecule has 2 amide bonds.